The molecule has 0 amide bonds. The van der Waals surface area contributed by atoms with E-state index in [1.54, 1.807) is 0 Å². The molecule has 0 aliphatic heterocycles. The fourth-order valence-corrected chi connectivity index (χ4v) is 2.39. The molecule has 0 heterocycles. The molecule has 0 aromatic rings. The number of rotatable bonds is 2. The summed E-state index contributed by atoms with van der Waals surface area (Å²) in [6, 6.07) is 0. The van der Waals surface area contributed by atoms with Gasteiger partial charge in [0.05, 0.1) is 0 Å². The van der Waals surface area contributed by atoms with Crippen molar-refractivity contribution in [3.8, 4) is 0 Å². The van der Waals surface area contributed by atoms with E-state index >= 15 is 0 Å². The molecule has 0 N–H and O–H groups in total. The van der Waals surface area contributed by atoms with E-state index in [0.29, 0.717) is 0 Å². The highest BCUT2D eigenvalue weighted by Gasteiger charge is 2.07. The zero-order chi connectivity index (χ0) is 12.5. The molecule has 0 saturated heterocycles. The fraction of sp³-hybridized carbons (Fsp3) is 0.529. The molecule has 1 unspecified atom stereocenters. The van der Waals surface area contributed by atoms with Crippen molar-refractivity contribution in [2.24, 2.45) is 5.92 Å². The number of allylic oxidation sites excluding steroid dienone is 6. The first-order chi connectivity index (χ1) is 8.26. The van der Waals surface area contributed by atoms with Crippen molar-refractivity contribution in [2.45, 2.75) is 51.9 Å². The van der Waals surface area contributed by atoms with Gasteiger partial charge in [0.1, 0.15) is 0 Å². The summed E-state index contributed by atoms with van der Waals surface area (Å²) in [4.78, 5) is 0. The van der Waals surface area contributed by atoms with Crippen molar-refractivity contribution in [2.75, 3.05) is 0 Å². The summed E-state index contributed by atoms with van der Waals surface area (Å²) in [5.74, 6) is 0.759. The third kappa shape index (κ3) is 5.72. The van der Waals surface area contributed by atoms with E-state index in [-0.39, 0.29) is 0 Å². The summed E-state index contributed by atoms with van der Waals surface area (Å²) in [6.45, 7) is 9.71. The minimum atomic E-state index is 0.759. The van der Waals surface area contributed by atoms with E-state index in [2.05, 4.69) is 38.3 Å². The molecular weight excluding hydrogens is 204 g/mol. The van der Waals surface area contributed by atoms with Crippen molar-refractivity contribution >= 4 is 0 Å². The highest BCUT2D eigenvalue weighted by Crippen LogP contribution is 2.23. The molecule has 94 valence electrons. The molecule has 0 saturated carbocycles. The van der Waals surface area contributed by atoms with Gasteiger partial charge < -0.3 is 0 Å². The lowest BCUT2D eigenvalue weighted by Gasteiger charge is -2.16. The topological polar surface area (TPSA) is 0 Å². The van der Waals surface area contributed by atoms with Crippen molar-refractivity contribution in [1.29, 1.82) is 0 Å². The van der Waals surface area contributed by atoms with Crippen LogP contribution in [0.15, 0.2) is 48.6 Å². The van der Waals surface area contributed by atoms with Crippen LogP contribution in [0.2, 0.25) is 0 Å². The van der Waals surface area contributed by atoms with Gasteiger partial charge in [-0.05, 0) is 57.8 Å². The third-order valence-corrected chi connectivity index (χ3v) is 3.54. The van der Waals surface area contributed by atoms with Crippen LogP contribution in [0.25, 0.3) is 0 Å². The third-order valence-electron chi connectivity index (χ3n) is 3.54. The molecule has 0 spiro atoms. The summed E-state index contributed by atoms with van der Waals surface area (Å²) in [7, 11) is 0. The predicted molar refractivity (Wildman–Crippen MR) is 78.0 cm³/mol. The summed E-state index contributed by atoms with van der Waals surface area (Å²) in [6.07, 6.45) is 17.7. The van der Waals surface area contributed by atoms with Gasteiger partial charge in [0.25, 0.3) is 0 Å². The van der Waals surface area contributed by atoms with E-state index < -0.39 is 0 Å². The van der Waals surface area contributed by atoms with Gasteiger partial charge in [-0.1, -0.05) is 42.0 Å². The van der Waals surface area contributed by atoms with E-state index in [4.69, 9.17) is 0 Å². The summed E-state index contributed by atoms with van der Waals surface area (Å²) in [5, 5.41) is 0. The van der Waals surface area contributed by atoms with Gasteiger partial charge in [-0.25, -0.2) is 0 Å². The van der Waals surface area contributed by atoms with Crippen LogP contribution in [0.1, 0.15) is 51.9 Å². The van der Waals surface area contributed by atoms with E-state index in [1.807, 2.05) is 6.08 Å². The smallest absolute Gasteiger partial charge is 0.0196 e. The zero-order valence-electron chi connectivity index (χ0n) is 11.3. The van der Waals surface area contributed by atoms with Crippen LogP contribution >= 0.6 is 0 Å². The lowest BCUT2D eigenvalue weighted by Crippen LogP contribution is -2.00. The van der Waals surface area contributed by atoms with Crippen molar-refractivity contribution in [3.05, 3.63) is 48.6 Å². The van der Waals surface area contributed by atoms with Crippen LogP contribution in [0, 0.1) is 5.92 Å². The standard InChI is InChI=1S/C9H14.C8H12/c1-3-9-6-4-5-8(2)7-9;1-2-8-6-4-3-5-7-8/h3,5,9H,1,4,6-7H2,2H3;2,6H,1,3-5,7H2. The Labute approximate surface area is 107 Å². The van der Waals surface area contributed by atoms with Crippen molar-refractivity contribution in [1.82, 2.24) is 0 Å². The van der Waals surface area contributed by atoms with Crippen LogP contribution in [0.3, 0.4) is 0 Å². The van der Waals surface area contributed by atoms with Gasteiger partial charge in [-0.15, -0.1) is 6.58 Å². The summed E-state index contributed by atoms with van der Waals surface area (Å²) < 4.78 is 0. The van der Waals surface area contributed by atoms with Crippen LogP contribution in [-0.2, 0) is 0 Å². The fourth-order valence-electron chi connectivity index (χ4n) is 2.39. The van der Waals surface area contributed by atoms with Gasteiger partial charge in [-0.3, -0.25) is 0 Å². The maximum atomic E-state index is 3.79. The van der Waals surface area contributed by atoms with Crippen LogP contribution in [0.5, 0.6) is 0 Å². The molecule has 0 heteroatoms. The zero-order valence-corrected chi connectivity index (χ0v) is 11.3. The molecule has 0 radical (unpaired) electrons. The molecule has 17 heavy (non-hydrogen) atoms. The highest BCUT2D eigenvalue weighted by atomic mass is 14.1. The molecule has 2 aliphatic rings. The van der Waals surface area contributed by atoms with E-state index in [1.165, 1.54) is 56.1 Å². The first-order valence-corrected chi connectivity index (χ1v) is 6.86. The first kappa shape index (κ1) is 14.0. The van der Waals surface area contributed by atoms with Gasteiger partial charge in [-0.2, -0.15) is 0 Å². The number of hydrogen-bond acceptors (Lipinski definition) is 0. The first-order valence-electron chi connectivity index (χ1n) is 6.86. The Kier molecular flexibility index (Phi) is 6.69. The molecular formula is C17H26. The van der Waals surface area contributed by atoms with Crippen LogP contribution in [-0.4, -0.2) is 0 Å². The minimum absolute atomic E-state index is 0.759. The molecule has 0 aromatic heterocycles. The summed E-state index contributed by atoms with van der Waals surface area (Å²) in [5.41, 5.74) is 2.97. The van der Waals surface area contributed by atoms with Crippen LogP contribution in [0.4, 0.5) is 0 Å². The Morgan fingerprint density at radius 1 is 1.18 bits per heavy atom. The highest BCUT2D eigenvalue weighted by molar-refractivity contribution is 5.17. The normalized spacial score (nSPS) is 23.7. The van der Waals surface area contributed by atoms with Gasteiger partial charge in [0.2, 0.25) is 0 Å². The van der Waals surface area contributed by atoms with Gasteiger partial charge in [0.15, 0.2) is 0 Å². The van der Waals surface area contributed by atoms with Crippen molar-refractivity contribution < 1.29 is 0 Å². The molecule has 2 rings (SSSR count). The second-order valence-electron chi connectivity index (χ2n) is 5.06. The molecule has 1 atom stereocenters. The monoisotopic (exact) mass is 230 g/mol. The minimum Gasteiger partial charge on any atom is -0.103 e. The maximum Gasteiger partial charge on any atom is -0.0196 e. The average Bonchev–Trinajstić information content (AvgIpc) is 2.40. The summed E-state index contributed by atoms with van der Waals surface area (Å²) >= 11 is 0. The maximum absolute atomic E-state index is 3.79. The number of hydrogen-bond donors (Lipinski definition) is 0. The van der Waals surface area contributed by atoms with Crippen molar-refractivity contribution in [3.63, 3.8) is 0 Å². The Bertz CT molecular complexity index is 304. The van der Waals surface area contributed by atoms with E-state index in [9.17, 15) is 0 Å². The Morgan fingerprint density at radius 2 is 2.00 bits per heavy atom. The largest absolute Gasteiger partial charge is 0.103 e. The second-order valence-corrected chi connectivity index (χ2v) is 5.06. The average molecular weight is 230 g/mol. The molecule has 0 nitrogen and oxygen atoms in total. The molecule has 0 fully saturated rings. The molecule has 0 bridgehead atoms. The van der Waals surface area contributed by atoms with Crippen LogP contribution < -0.4 is 0 Å². The SMILES string of the molecule is C=CC1=CCCCC1.C=CC1CCC=C(C)C1. The Balaban J connectivity index is 0.000000171. The second kappa shape index (κ2) is 8.11. The van der Waals surface area contributed by atoms with Gasteiger partial charge in [0, 0.05) is 0 Å². The molecule has 0 aromatic carbocycles. The predicted octanol–water partition coefficient (Wildman–Crippen LogP) is 5.59. The Hall–Kier alpha value is -1.04. The quantitative estimate of drug-likeness (QED) is 0.542. The molecule has 2 aliphatic carbocycles. The lowest BCUT2D eigenvalue weighted by molar-refractivity contribution is 0.565. The van der Waals surface area contributed by atoms with Gasteiger partial charge >= 0.3 is 0 Å². The lowest BCUT2D eigenvalue weighted by atomic mass is 9.90. The van der Waals surface area contributed by atoms with E-state index in [0.717, 1.165) is 5.92 Å². The Morgan fingerprint density at radius 3 is 2.41 bits per heavy atom.